The van der Waals surface area contributed by atoms with Crippen molar-refractivity contribution in [2.75, 3.05) is 27.7 Å². The van der Waals surface area contributed by atoms with Gasteiger partial charge in [-0.3, -0.25) is 14.4 Å². The Morgan fingerprint density at radius 1 is 1.00 bits per heavy atom. The van der Waals surface area contributed by atoms with E-state index in [2.05, 4.69) is 13.2 Å². The standard InChI is InChI=1S/C17H27NO6/c1-12(7-6-8-15(19)20)13(2)9-17(23)24-14(10-16(21)22)11-18(3,4)5/h14H,1-2,6-11H2,3-5H3,(H-,19,20,21,22)/p+1. The van der Waals surface area contributed by atoms with E-state index in [0.29, 0.717) is 35.0 Å². The molecule has 0 aromatic heterocycles. The zero-order valence-electron chi connectivity index (χ0n) is 14.7. The number of nitrogens with zero attached hydrogens (tertiary/aromatic N) is 1. The third-order valence-electron chi connectivity index (χ3n) is 3.18. The number of carbonyl (C=O) groups is 3. The molecule has 0 rings (SSSR count). The van der Waals surface area contributed by atoms with Crippen LogP contribution in [0.3, 0.4) is 0 Å². The zero-order chi connectivity index (χ0) is 18.9. The fraction of sp³-hybridized carbons (Fsp3) is 0.588. The van der Waals surface area contributed by atoms with Gasteiger partial charge >= 0.3 is 17.9 Å². The lowest BCUT2D eigenvalue weighted by Crippen LogP contribution is -2.43. The number of likely N-dealkylation sites (N-methyl/N-ethyl adjacent to an activating group) is 1. The summed E-state index contributed by atoms with van der Waals surface area (Å²) < 4.78 is 5.74. The summed E-state index contributed by atoms with van der Waals surface area (Å²) in [5.74, 6) is -2.47. The molecule has 1 atom stereocenters. The number of carboxylic acids is 2. The number of esters is 1. The van der Waals surface area contributed by atoms with Gasteiger partial charge in [0.15, 0.2) is 6.10 Å². The molecule has 0 saturated carbocycles. The van der Waals surface area contributed by atoms with E-state index >= 15 is 0 Å². The molecule has 24 heavy (non-hydrogen) atoms. The average Bonchev–Trinajstić information content (AvgIpc) is 2.34. The molecule has 0 aromatic carbocycles. The van der Waals surface area contributed by atoms with Crippen molar-refractivity contribution in [3.05, 3.63) is 24.3 Å². The van der Waals surface area contributed by atoms with Crippen molar-refractivity contribution < 1.29 is 33.8 Å². The summed E-state index contributed by atoms with van der Waals surface area (Å²) >= 11 is 0. The molecule has 0 spiro atoms. The highest BCUT2D eigenvalue weighted by Crippen LogP contribution is 2.18. The molecule has 7 heteroatoms. The van der Waals surface area contributed by atoms with Crippen LogP contribution in [-0.2, 0) is 19.1 Å². The van der Waals surface area contributed by atoms with E-state index in [1.54, 1.807) is 0 Å². The van der Waals surface area contributed by atoms with Crippen molar-refractivity contribution in [3.8, 4) is 0 Å². The van der Waals surface area contributed by atoms with Crippen molar-refractivity contribution in [2.45, 2.75) is 38.2 Å². The lowest BCUT2D eigenvalue weighted by Gasteiger charge is -2.28. The second-order valence-electron chi connectivity index (χ2n) is 6.81. The summed E-state index contributed by atoms with van der Waals surface area (Å²) in [6.07, 6.45) is -0.169. The molecule has 0 bridgehead atoms. The molecular formula is C17H28NO6+. The minimum absolute atomic E-state index is 0.0287. The van der Waals surface area contributed by atoms with Gasteiger partial charge in [-0.25, -0.2) is 0 Å². The van der Waals surface area contributed by atoms with Crippen LogP contribution >= 0.6 is 0 Å². The van der Waals surface area contributed by atoms with Crippen LogP contribution in [0.2, 0.25) is 0 Å². The van der Waals surface area contributed by atoms with E-state index in [0.717, 1.165) is 0 Å². The minimum Gasteiger partial charge on any atom is -0.481 e. The van der Waals surface area contributed by atoms with Gasteiger partial charge < -0.3 is 19.4 Å². The summed E-state index contributed by atoms with van der Waals surface area (Å²) in [4.78, 5) is 33.4. The van der Waals surface area contributed by atoms with Crippen LogP contribution in [0.5, 0.6) is 0 Å². The fourth-order valence-electron chi connectivity index (χ4n) is 2.11. The molecule has 0 heterocycles. The molecule has 0 aromatic rings. The fourth-order valence-corrected chi connectivity index (χ4v) is 2.11. The molecule has 0 aliphatic rings. The number of hydrogen-bond acceptors (Lipinski definition) is 4. The first-order valence-electron chi connectivity index (χ1n) is 7.70. The molecule has 7 nitrogen and oxygen atoms in total. The van der Waals surface area contributed by atoms with Gasteiger partial charge in [0, 0.05) is 6.42 Å². The van der Waals surface area contributed by atoms with Crippen LogP contribution in [0, 0.1) is 0 Å². The molecule has 0 saturated heterocycles. The maximum absolute atomic E-state index is 12.0. The number of rotatable bonds is 12. The van der Waals surface area contributed by atoms with Gasteiger partial charge in [0.2, 0.25) is 0 Å². The largest absolute Gasteiger partial charge is 0.481 e. The first-order valence-corrected chi connectivity index (χ1v) is 7.70. The van der Waals surface area contributed by atoms with Crippen molar-refractivity contribution in [2.24, 2.45) is 0 Å². The lowest BCUT2D eigenvalue weighted by atomic mass is 10.0. The topological polar surface area (TPSA) is 101 Å². The Hall–Kier alpha value is -2.15. The summed E-state index contributed by atoms with van der Waals surface area (Å²) in [5, 5.41) is 17.5. The number of carbonyl (C=O) groups excluding carboxylic acids is 1. The number of hydrogen-bond donors (Lipinski definition) is 2. The van der Waals surface area contributed by atoms with Gasteiger partial charge in [0.1, 0.15) is 6.54 Å². The van der Waals surface area contributed by atoms with Crippen molar-refractivity contribution in [1.82, 2.24) is 0 Å². The Morgan fingerprint density at radius 3 is 2.04 bits per heavy atom. The molecule has 136 valence electrons. The Balaban J connectivity index is 4.49. The normalized spacial score (nSPS) is 12.3. The van der Waals surface area contributed by atoms with E-state index in [1.165, 1.54) is 0 Å². The van der Waals surface area contributed by atoms with E-state index in [9.17, 15) is 14.4 Å². The van der Waals surface area contributed by atoms with Gasteiger partial charge in [-0.2, -0.15) is 0 Å². The monoisotopic (exact) mass is 342 g/mol. The van der Waals surface area contributed by atoms with Crippen LogP contribution in [0.15, 0.2) is 24.3 Å². The van der Waals surface area contributed by atoms with Gasteiger partial charge in [0.25, 0.3) is 0 Å². The van der Waals surface area contributed by atoms with E-state index in [4.69, 9.17) is 14.9 Å². The van der Waals surface area contributed by atoms with Crippen LogP contribution in [-0.4, -0.2) is 66.4 Å². The maximum Gasteiger partial charge on any atom is 0.310 e. The first-order chi connectivity index (χ1) is 10.9. The molecule has 0 aliphatic heterocycles. The Morgan fingerprint density at radius 2 is 1.58 bits per heavy atom. The predicted octanol–water partition coefficient (Wildman–Crippen LogP) is 1.84. The quantitative estimate of drug-likeness (QED) is 0.319. The number of carboxylic acid groups (broad SMARTS) is 2. The van der Waals surface area contributed by atoms with Crippen LogP contribution in [0.1, 0.15) is 32.1 Å². The summed E-state index contributed by atoms with van der Waals surface area (Å²) in [6.45, 7) is 7.94. The number of aliphatic carboxylic acids is 2. The third-order valence-corrected chi connectivity index (χ3v) is 3.18. The van der Waals surface area contributed by atoms with Crippen molar-refractivity contribution in [3.63, 3.8) is 0 Å². The van der Waals surface area contributed by atoms with E-state index in [-0.39, 0.29) is 19.3 Å². The molecule has 2 N–H and O–H groups in total. The Labute approximate surface area is 142 Å². The number of ether oxygens (including phenoxy) is 1. The number of allylic oxidation sites excluding steroid dienone is 1. The van der Waals surface area contributed by atoms with Crippen molar-refractivity contribution in [1.29, 1.82) is 0 Å². The summed E-state index contributed by atoms with van der Waals surface area (Å²) in [7, 11) is 5.64. The van der Waals surface area contributed by atoms with Gasteiger partial charge in [-0.05, 0) is 18.4 Å². The van der Waals surface area contributed by atoms with Gasteiger partial charge in [0.05, 0.1) is 34.0 Å². The second-order valence-corrected chi connectivity index (χ2v) is 6.81. The van der Waals surface area contributed by atoms with Crippen molar-refractivity contribution >= 4 is 17.9 Å². The number of quaternary nitrogens is 1. The SMILES string of the molecule is C=C(CCCC(=O)O)C(=C)CC(=O)OC(CC(=O)O)C[N+](C)(C)C. The highest BCUT2D eigenvalue weighted by atomic mass is 16.5. The molecule has 0 fully saturated rings. The predicted molar refractivity (Wildman–Crippen MR) is 89.4 cm³/mol. The Kier molecular flexibility index (Phi) is 8.99. The first kappa shape index (κ1) is 21.9. The third kappa shape index (κ3) is 11.4. The smallest absolute Gasteiger partial charge is 0.310 e. The Bertz CT molecular complexity index is 504. The molecule has 0 radical (unpaired) electrons. The van der Waals surface area contributed by atoms with E-state index in [1.807, 2.05) is 21.1 Å². The van der Waals surface area contributed by atoms with E-state index < -0.39 is 24.0 Å². The van der Waals surface area contributed by atoms with Crippen LogP contribution in [0.4, 0.5) is 0 Å². The van der Waals surface area contributed by atoms with Crippen LogP contribution in [0.25, 0.3) is 0 Å². The molecule has 0 amide bonds. The summed E-state index contributed by atoms with van der Waals surface area (Å²) in [5.41, 5.74) is 1.08. The second kappa shape index (κ2) is 9.87. The average molecular weight is 342 g/mol. The maximum atomic E-state index is 12.0. The zero-order valence-corrected chi connectivity index (χ0v) is 14.7. The molecule has 1 unspecified atom stereocenters. The lowest BCUT2D eigenvalue weighted by molar-refractivity contribution is -0.873. The highest BCUT2D eigenvalue weighted by Gasteiger charge is 2.25. The summed E-state index contributed by atoms with van der Waals surface area (Å²) in [6, 6.07) is 0. The van der Waals surface area contributed by atoms with Crippen LogP contribution < -0.4 is 0 Å². The highest BCUT2D eigenvalue weighted by molar-refractivity contribution is 5.74. The van der Waals surface area contributed by atoms with Gasteiger partial charge in [-0.15, -0.1) is 0 Å². The van der Waals surface area contributed by atoms with Gasteiger partial charge in [-0.1, -0.05) is 18.7 Å². The molecule has 0 aliphatic carbocycles. The molecular weight excluding hydrogens is 314 g/mol. The minimum atomic E-state index is -1.03.